The Morgan fingerprint density at radius 3 is 2.43 bits per heavy atom. The van der Waals surface area contributed by atoms with E-state index >= 15 is 0 Å². The lowest BCUT2D eigenvalue weighted by Crippen LogP contribution is -2.13. The van der Waals surface area contributed by atoms with Gasteiger partial charge >= 0.3 is 0 Å². The van der Waals surface area contributed by atoms with Crippen molar-refractivity contribution in [2.24, 2.45) is 5.92 Å². The molecule has 1 unspecified atom stereocenters. The molecule has 1 aromatic rings. The number of fused-ring (bicyclic) bond motifs is 1. The van der Waals surface area contributed by atoms with E-state index in [0.29, 0.717) is 17.5 Å². The van der Waals surface area contributed by atoms with E-state index in [4.69, 9.17) is 0 Å². The third-order valence-electron chi connectivity index (χ3n) is 2.75. The van der Waals surface area contributed by atoms with Crippen molar-refractivity contribution in [2.45, 2.75) is 20.3 Å². The monoisotopic (exact) mass is 188 g/mol. The predicted octanol–water partition coefficient (Wildman–Crippen LogP) is 2.40. The Hall–Kier alpha value is -1.44. The molecule has 72 valence electrons. The fourth-order valence-corrected chi connectivity index (χ4v) is 1.94. The molecule has 2 rings (SSSR count). The highest BCUT2D eigenvalue weighted by atomic mass is 16.2. The van der Waals surface area contributed by atoms with Crippen LogP contribution < -0.4 is 0 Å². The van der Waals surface area contributed by atoms with Crippen LogP contribution in [0.5, 0.6) is 0 Å². The molecule has 0 bridgehead atoms. The van der Waals surface area contributed by atoms with E-state index in [-0.39, 0.29) is 11.6 Å². The van der Waals surface area contributed by atoms with Gasteiger partial charge in [0.25, 0.3) is 0 Å². The fourth-order valence-electron chi connectivity index (χ4n) is 1.94. The summed E-state index contributed by atoms with van der Waals surface area (Å²) in [5.41, 5.74) is 2.25. The van der Waals surface area contributed by atoms with Crippen LogP contribution in [-0.2, 0) is 0 Å². The van der Waals surface area contributed by atoms with Crippen LogP contribution in [0.15, 0.2) is 18.2 Å². The van der Waals surface area contributed by atoms with Crippen molar-refractivity contribution in [3.8, 4) is 0 Å². The third kappa shape index (κ3) is 1.10. The van der Waals surface area contributed by atoms with Gasteiger partial charge in [-0.25, -0.2) is 0 Å². The topological polar surface area (TPSA) is 34.1 Å². The van der Waals surface area contributed by atoms with Gasteiger partial charge in [-0.2, -0.15) is 0 Å². The highest BCUT2D eigenvalue weighted by molar-refractivity contribution is 6.26. The SMILES string of the molecule is CCC1C(=O)c2ccc(C)cc2C1=O. The standard InChI is InChI=1S/C12H12O2/c1-3-8-11(13)9-5-4-7(2)6-10(9)12(8)14/h4-6,8H,3H2,1-2H3. The summed E-state index contributed by atoms with van der Waals surface area (Å²) in [6.07, 6.45) is 0.603. The zero-order valence-electron chi connectivity index (χ0n) is 8.33. The first kappa shape index (κ1) is 9.13. The van der Waals surface area contributed by atoms with Gasteiger partial charge in [-0.1, -0.05) is 24.6 Å². The van der Waals surface area contributed by atoms with Gasteiger partial charge in [0.2, 0.25) is 0 Å². The quantitative estimate of drug-likeness (QED) is 0.634. The average Bonchev–Trinajstić information content (AvgIpc) is 2.39. The molecule has 0 aliphatic heterocycles. The molecule has 1 aliphatic carbocycles. The Kier molecular flexibility index (Phi) is 1.99. The lowest BCUT2D eigenvalue weighted by Gasteiger charge is -1.99. The van der Waals surface area contributed by atoms with Crippen LogP contribution in [0, 0.1) is 12.8 Å². The Bertz CT molecular complexity index is 418. The van der Waals surface area contributed by atoms with Crippen molar-refractivity contribution < 1.29 is 9.59 Å². The summed E-state index contributed by atoms with van der Waals surface area (Å²) in [7, 11) is 0. The van der Waals surface area contributed by atoms with E-state index in [1.807, 2.05) is 26.0 Å². The molecule has 14 heavy (non-hydrogen) atoms. The summed E-state index contributed by atoms with van der Waals surface area (Å²) in [4.78, 5) is 23.5. The second kappa shape index (κ2) is 3.05. The number of hydrogen-bond acceptors (Lipinski definition) is 2. The van der Waals surface area contributed by atoms with Crippen LogP contribution in [0.4, 0.5) is 0 Å². The van der Waals surface area contributed by atoms with Crippen LogP contribution in [0.2, 0.25) is 0 Å². The maximum absolute atomic E-state index is 11.8. The lowest BCUT2D eigenvalue weighted by atomic mass is 10.0. The Morgan fingerprint density at radius 1 is 1.14 bits per heavy atom. The summed E-state index contributed by atoms with van der Waals surface area (Å²) in [6.45, 7) is 3.80. The zero-order valence-corrected chi connectivity index (χ0v) is 8.33. The number of carbonyl (C=O) groups excluding carboxylic acids is 2. The van der Waals surface area contributed by atoms with Crippen molar-refractivity contribution in [3.05, 3.63) is 34.9 Å². The van der Waals surface area contributed by atoms with Crippen molar-refractivity contribution >= 4 is 11.6 Å². The molecule has 0 saturated carbocycles. The summed E-state index contributed by atoms with van der Waals surface area (Å²) in [6, 6.07) is 5.45. The number of Topliss-reactive ketones (excluding diaryl/α,β-unsaturated/α-hetero) is 2. The second-order valence-electron chi connectivity index (χ2n) is 3.74. The van der Waals surface area contributed by atoms with Crippen molar-refractivity contribution in [2.75, 3.05) is 0 Å². The lowest BCUT2D eigenvalue weighted by molar-refractivity contribution is 0.0835. The maximum atomic E-state index is 11.8. The summed E-state index contributed by atoms with van der Waals surface area (Å²) < 4.78 is 0. The van der Waals surface area contributed by atoms with Gasteiger partial charge in [-0.3, -0.25) is 9.59 Å². The van der Waals surface area contributed by atoms with Crippen molar-refractivity contribution in [1.82, 2.24) is 0 Å². The molecule has 0 N–H and O–H groups in total. The molecule has 1 atom stereocenters. The second-order valence-corrected chi connectivity index (χ2v) is 3.74. The molecule has 0 radical (unpaired) electrons. The molecular formula is C12H12O2. The van der Waals surface area contributed by atoms with E-state index < -0.39 is 5.92 Å². The first-order chi connectivity index (χ1) is 6.65. The normalized spacial score (nSPS) is 20.0. The van der Waals surface area contributed by atoms with Crippen LogP contribution in [0.25, 0.3) is 0 Å². The fraction of sp³-hybridized carbons (Fsp3) is 0.333. The molecule has 0 fully saturated rings. The molecule has 2 nitrogen and oxygen atoms in total. The van der Waals surface area contributed by atoms with Crippen LogP contribution in [0.3, 0.4) is 0 Å². The number of rotatable bonds is 1. The van der Waals surface area contributed by atoms with Gasteiger partial charge in [-0.15, -0.1) is 0 Å². The summed E-state index contributed by atoms with van der Waals surface area (Å²) in [5.74, 6) is -0.435. The largest absolute Gasteiger partial charge is 0.293 e. The highest BCUT2D eigenvalue weighted by Gasteiger charge is 2.36. The molecule has 2 heteroatoms. The highest BCUT2D eigenvalue weighted by Crippen LogP contribution is 2.29. The van der Waals surface area contributed by atoms with Gasteiger partial charge < -0.3 is 0 Å². The molecular weight excluding hydrogens is 176 g/mol. The molecule has 1 aliphatic rings. The van der Waals surface area contributed by atoms with Gasteiger partial charge in [-0.05, 0) is 19.4 Å². The number of carbonyl (C=O) groups is 2. The van der Waals surface area contributed by atoms with Gasteiger partial charge in [0.15, 0.2) is 11.6 Å². The zero-order chi connectivity index (χ0) is 10.3. The average molecular weight is 188 g/mol. The minimum absolute atomic E-state index is 0.00352. The Morgan fingerprint density at radius 2 is 1.79 bits per heavy atom. The molecule has 0 heterocycles. The third-order valence-corrected chi connectivity index (χ3v) is 2.75. The first-order valence-electron chi connectivity index (χ1n) is 4.84. The number of aryl methyl sites for hydroxylation is 1. The van der Waals surface area contributed by atoms with Crippen molar-refractivity contribution in [3.63, 3.8) is 0 Å². The smallest absolute Gasteiger partial charge is 0.174 e. The van der Waals surface area contributed by atoms with E-state index in [1.54, 1.807) is 6.07 Å². The van der Waals surface area contributed by atoms with Crippen LogP contribution in [0.1, 0.15) is 39.6 Å². The van der Waals surface area contributed by atoms with E-state index in [9.17, 15) is 9.59 Å². The molecule has 1 aromatic carbocycles. The molecule has 0 aromatic heterocycles. The van der Waals surface area contributed by atoms with Gasteiger partial charge in [0, 0.05) is 11.1 Å². The van der Waals surface area contributed by atoms with Crippen LogP contribution in [-0.4, -0.2) is 11.6 Å². The molecule has 0 amide bonds. The van der Waals surface area contributed by atoms with Crippen LogP contribution >= 0.6 is 0 Å². The summed E-state index contributed by atoms with van der Waals surface area (Å²) >= 11 is 0. The number of benzene rings is 1. The minimum atomic E-state index is -0.424. The first-order valence-corrected chi connectivity index (χ1v) is 4.84. The van der Waals surface area contributed by atoms with Gasteiger partial charge in [0.1, 0.15) is 0 Å². The van der Waals surface area contributed by atoms with E-state index in [1.165, 1.54) is 0 Å². The predicted molar refractivity (Wildman–Crippen MR) is 53.6 cm³/mol. The molecule has 0 saturated heterocycles. The Balaban J connectivity index is 2.58. The minimum Gasteiger partial charge on any atom is -0.293 e. The van der Waals surface area contributed by atoms with Gasteiger partial charge in [0.05, 0.1) is 5.92 Å². The Labute approximate surface area is 82.9 Å². The number of hydrogen-bond donors (Lipinski definition) is 0. The number of ketones is 2. The summed E-state index contributed by atoms with van der Waals surface area (Å²) in [5, 5.41) is 0. The van der Waals surface area contributed by atoms with E-state index in [0.717, 1.165) is 5.56 Å². The maximum Gasteiger partial charge on any atom is 0.174 e. The van der Waals surface area contributed by atoms with E-state index in [2.05, 4.69) is 0 Å². The molecule has 0 spiro atoms. The van der Waals surface area contributed by atoms with Crippen molar-refractivity contribution in [1.29, 1.82) is 0 Å².